The van der Waals surface area contributed by atoms with Crippen molar-refractivity contribution in [2.75, 3.05) is 5.73 Å². The molecule has 0 unspecified atom stereocenters. The summed E-state index contributed by atoms with van der Waals surface area (Å²) in [6.45, 7) is 2.06. The molecule has 0 radical (unpaired) electrons. The summed E-state index contributed by atoms with van der Waals surface area (Å²) >= 11 is 6.55. The van der Waals surface area contributed by atoms with Crippen molar-refractivity contribution in [1.29, 1.82) is 0 Å². The third kappa shape index (κ3) is 3.43. The highest BCUT2D eigenvalue weighted by Crippen LogP contribution is 2.27. The topological polar surface area (TPSA) is 51.8 Å². The van der Waals surface area contributed by atoms with Gasteiger partial charge in [-0.2, -0.15) is 4.37 Å². The number of hydrogen-bond donors (Lipinski definition) is 1. The predicted octanol–water partition coefficient (Wildman–Crippen LogP) is 3.74. The largest absolute Gasteiger partial charge is 0.398 e. The van der Waals surface area contributed by atoms with Gasteiger partial charge in [0.25, 0.3) is 0 Å². The van der Waals surface area contributed by atoms with Gasteiger partial charge in [0.05, 0.1) is 0 Å². The van der Waals surface area contributed by atoms with Gasteiger partial charge in [0.1, 0.15) is 5.82 Å². The fourth-order valence-electron chi connectivity index (χ4n) is 1.27. The average Bonchev–Trinajstić information content (AvgIpc) is 2.79. The molecule has 0 aliphatic rings. The summed E-state index contributed by atoms with van der Waals surface area (Å²) < 4.78 is 6.21. The third-order valence-electron chi connectivity index (χ3n) is 2.19. The lowest BCUT2D eigenvalue weighted by atomic mass is 10.2. The Morgan fingerprint density at radius 2 is 2.29 bits per heavy atom. The van der Waals surface area contributed by atoms with Crippen LogP contribution in [0.15, 0.2) is 27.0 Å². The average molecular weight is 330 g/mol. The van der Waals surface area contributed by atoms with Gasteiger partial charge in [0.2, 0.25) is 0 Å². The molecule has 2 aromatic rings. The van der Waals surface area contributed by atoms with Gasteiger partial charge in [-0.3, -0.25) is 0 Å². The third-order valence-corrected chi connectivity index (χ3v) is 4.85. The minimum atomic E-state index is 0.773. The number of anilines is 1. The van der Waals surface area contributed by atoms with E-state index in [9.17, 15) is 0 Å². The van der Waals surface area contributed by atoms with E-state index in [-0.39, 0.29) is 0 Å². The Labute approximate surface area is 117 Å². The summed E-state index contributed by atoms with van der Waals surface area (Å²) in [6, 6.07) is 6.02. The van der Waals surface area contributed by atoms with Crippen LogP contribution in [0.2, 0.25) is 0 Å². The van der Waals surface area contributed by atoms with Crippen LogP contribution in [-0.4, -0.2) is 9.36 Å². The normalized spacial score (nSPS) is 10.7. The van der Waals surface area contributed by atoms with Crippen molar-refractivity contribution in [1.82, 2.24) is 9.36 Å². The molecule has 0 bridgehead atoms. The van der Waals surface area contributed by atoms with Crippen LogP contribution in [0.4, 0.5) is 5.69 Å². The Bertz CT molecular complexity index is 513. The number of nitrogens with two attached hydrogens (primary N) is 1. The van der Waals surface area contributed by atoms with E-state index in [0.717, 1.165) is 32.5 Å². The molecule has 6 heteroatoms. The van der Waals surface area contributed by atoms with Crippen LogP contribution in [0.25, 0.3) is 0 Å². The summed E-state index contributed by atoms with van der Waals surface area (Å²) in [5.41, 5.74) is 7.80. The molecule has 0 spiro atoms. The SMILES string of the molecule is CCc1nsc(SCc2ccc(Br)c(N)c2)n1. The molecule has 0 amide bonds. The number of nitrogen functional groups attached to an aromatic ring is 1. The van der Waals surface area contributed by atoms with Crippen LogP contribution in [0, 0.1) is 0 Å². The highest BCUT2D eigenvalue weighted by molar-refractivity contribution is 9.10. The number of halogens is 1. The zero-order chi connectivity index (χ0) is 12.3. The predicted molar refractivity (Wildman–Crippen MR) is 77.4 cm³/mol. The van der Waals surface area contributed by atoms with Crippen molar-refractivity contribution < 1.29 is 0 Å². The van der Waals surface area contributed by atoms with Gasteiger partial charge in [0.15, 0.2) is 4.34 Å². The number of aryl methyl sites for hydroxylation is 1. The molecule has 90 valence electrons. The van der Waals surface area contributed by atoms with Crippen LogP contribution in [-0.2, 0) is 12.2 Å². The van der Waals surface area contributed by atoms with Gasteiger partial charge in [-0.25, -0.2) is 4.98 Å². The molecule has 0 saturated carbocycles. The minimum absolute atomic E-state index is 0.773. The first-order chi connectivity index (χ1) is 8.19. The second kappa shape index (κ2) is 5.84. The number of nitrogens with zero attached hydrogens (tertiary/aromatic N) is 2. The van der Waals surface area contributed by atoms with Crippen LogP contribution in [0.5, 0.6) is 0 Å². The number of benzene rings is 1. The highest BCUT2D eigenvalue weighted by atomic mass is 79.9. The van der Waals surface area contributed by atoms with Crippen molar-refractivity contribution in [3.05, 3.63) is 34.1 Å². The Morgan fingerprint density at radius 1 is 1.47 bits per heavy atom. The van der Waals surface area contributed by atoms with E-state index in [1.165, 1.54) is 17.1 Å². The van der Waals surface area contributed by atoms with Crippen molar-refractivity contribution >= 4 is 44.9 Å². The van der Waals surface area contributed by atoms with Gasteiger partial charge in [0, 0.05) is 22.3 Å². The lowest BCUT2D eigenvalue weighted by Crippen LogP contribution is -1.89. The van der Waals surface area contributed by atoms with Crippen molar-refractivity contribution in [3.63, 3.8) is 0 Å². The number of rotatable bonds is 4. The molecule has 0 aliphatic heterocycles. The summed E-state index contributed by atoms with van der Waals surface area (Å²) in [7, 11) is 0. The fourth-order valence-corrected chi connectivity index (χ4v) is 3.15. The second-order valence-electron chi connectivity index (χ2n) is 3.47. The van der Waals surface area contributed by atoms with E-state index in [1.807, 2.05) is 12.1 Å². The van der Waals surface area contributed by atoms with Crippen LogP contribution >= 0.6 is 39.2 Å². The first kappa shape index (κ1) is 12.9. The van der Waals surface area contributed by atoms with Gasteiger partial charge in [-0.05, 0) is 45.2 Å². The molecule has 2 rings (SSSR count). The van der Waals surface area contributed by atoms with E-state index in [1.54, 1.807) is 11.8 Å². The summed E-state index contributed by atoms with van der Waals surface area (Å²) in [4.78, 5) is 4.41. The Balaban J connectivity index is 1.99. The lowest BCUT2D eigenvalue weighted by Gasteiger charge is -2.02. The Hall–Kier alpha value is -0.590. The minimum Gasteiger partial charge on any atom is -0.398 e. The van der Waals surface area contributed by atoms with Crippen LogP contribution in [0.1, 0.15) is 18.3 Å². The number of thioether (sulfide) groups is 1. The molecule has 1 heterocycles. The van der Waals surface area contributed by atoms with Crippen molar-refractivity contribution in [2.45, 2.75) is 23.4 Å². The van der Waals surface area contributed by atoms with E-state index >= 15 is 0 Å². The summed E-state index contributed by atoms with van der Waals surface area (Å²) in [5, 5.41) is 0. The molecular formula is C11H12BrN3S2. The quantitative estimate of drug-likeness (QED) is 0.685. The molecule has 2 N–H and O–H groups in total. The van der Waals surface area contributed by atoms with Crippen molar-refractivity contribution in [3.8, 4) is 0 Å². The molecule has 0 aliphatic carbocycles. The maximum Gasteiger partial charge on any atom is 0.170 e. The van der Waals surface area contributed by atoms with Crippen molar-refractivity contribution in [2.24, 2.45) is 0 Å². The van der Waals surface area contributed by atoms with E-state index in [4.69, 9.17) is 5.73 Å². The lowest BCUT2D eigenvalue weighted by molar-refractivity contribution is 0.971. The van der Waals surface area contributed by atoms with E-state index < -0.39 is 0 Å². The Morgan fingerprint density at radius 3 is 2.94 bits per heavy atom. The molecule has 1 aromatic carbocycles. The monoisotopic (exact) mass is 329 g/mol. The highest BCUT2D eigenvalue weighted by Gasteiger charge is 2.04. The smallest absolute Gasteiger partial charge is 0.170 e. The van der Waals surface area contributed by atoms with Crippen LogP contribution in [0.3, 0.4) is 0 Å². The number of aromatic nitrogens is 2. The molecule has 3 nitrogen and oxygen atoms in total. The first-order valence-corrected chi connectivity index (χ1v) is 7.73. The van der Waals surface area contributed by atoms with Gasteiger partial charge < -0.3 is 5.73 Å². The summed E-state index contributed by atoms with van der Waals surface area (Å²) in [6.07, 6.45) is 0.891. The molecule has 0 fully saturated rings. The Kier molecular flexibility index (Phi) is 4.42. The molecular weight excluding hydrogens is 318 g/mol. The van der Waals surface area contributed by atoms with Gasteiger partial charge >= 0.3 is 0 Å². The zero-order valence-corrected chi connectivity index (χ0v) is 12.5. The molecule has 0 atom stereocenters. The molecule has 0 saturated heterocycles. The van der Waals surface area contributed by atoms with E-state index in [2.05, 4.69) is 38.3 Å². The van der Waals surface area contributed by atoms with E-state index in [0.29, 0.717) is 0 Å². The maximum atomic E-state index is 5.83. The fraction of sp³-hybridized carbons (Fsp3) is 0.273. The molecule has 17 heavy (non-hydrogen) atoms. The van der Waals surface area contributed by atoms with Gasteiger partial charge in [-0.1, -0.05) is 24.8 Å². The van der Waals surface area contributed by atoms with Crippen LogP contribution < -0.4 is 5.73 Å². The zero-order valence-electron chi connectivity index (χ0n) is 9.31. The first-order valence-electron chi connectivity index (χ1n) is 5.18. The van der Waals surface area contributed by atoms with Gasteiger partial charge in [-0.15, -0.1) is 0 Å². The summed E-state index contributed by atoms with van der Waals surface area (Å²) in [5.74, 6) is 1.79. The standard InChI is InChI=1S/C11H12BrN3S2/c1-2-10-14-11(17-15-10)16-6-7-3-4-8(12)9(13)5-7/h3-5H,2,6,13H2,1H3. The second-order valence-corrected chi connectivity index (χ2v) is 6.30. The maximum absolute atomic E-state index is 5.83. The number of hydrogen-bond acceptors (Lipinski definition) is 5. The molecule has 1 aromatic heterocycles.